The molecule has 3 nitrogen and oxygen atoms in total. The maximum absolute atomic E-state index is 8.83. The molecule has 0 bridgehead atoms. The first kappa shape index (κ1) is 10.4. The molecular weight excluding hydrogens is 157 g/mol. The van der Waals surface area contributed by atoms with E-state index in [0.29, 0.717) is 4.39 Å². The van der Waals surface area contributed by atoms with Crippen LogP contribution in [0.5, 0.6) is 0 Å². The second kappa shape index (κ2) is 3.17. The number of nitriles is 2. The zero-order valence-electron chi connectivity index (χ0n) is 7.33. The Hall–Kier alpha value is -0.645. The van der Waals surface area contributed by atoms with E-state index in [1.165, 1.54) is 11.6 Å². The summed E-state index contributed by atoms with van der Waals surface area (Å²) in [5, 5.41) is 17.7. The summed E-state index contributed by atoms with van der Waals surface area (Å²) in [6.45, 7) is 0. The Kier molecular flexibility index (Phi) is 2.98. The molecule has 0 heterocycles. The molecule has 5 heteroatoms. The van der Waals surface area contributed by atoms with Crippen LogP contribution in [0.2, 0.25) is 0 Å². The molecule has 0 aromatic rings. The van der Waals surface area contributed by atoms with E-state index in [-0.39, 0.29) is 0 Å². The lowest BCUT2D eigenvalue weighted by molar-refractivity contribution is -0.761. The van der Waals surface area contributed by atoms with Crippen molar-refractivity contribution in [2.75, 3.05) is 27.4 Å². The summed E-state index contributed by atoms with van der Waals surface area (Å²) in [6, 6.07) is 0. The molecule has 0 fully saturated rings. The summed E-state index contributed by atoms with van der Waals surface area (Å²) in [6.07, 6.45) is 1.80. The molecule has 0 aliphatic heterocycles. The lowest BCUT2D eigenvalue weighted by Crippen LogP contribution is -2.58. The Bertz CT molecular complexity index is 205. The predicted molar refractivity (Wildman–Crippen MR) is 48.5 cm³/mol. The fourth-order valence-electron chi connectivity index (χ4n) is 0.797. The van der Waals surface area contributed by atoms with Crippen molar-refractivity contribution >= 4 is 17.2 Å². The molecule has 0 saturated heterocycles. The van der Waals surface area contributed by atoms with Crippen LogP contribution in [0.4, 0.5) is 0 Å². The Morgan fingerprint density at radius 2 is 1.55 bits per heavy atom. The molecule has 0 rings (SSSR count). The second-order valence-electron chi connectivity index (χ2n) is 3.35. The molecule has 60 valence electrons. The van der Waals surface area contributed by atoms with E-state index < -0.39 is 5.56 Å². The van der Waals surface area contributed by atoms with Crippen LogP contribution in [0.1, 0.15) is 0 Å². The lowest BCUT2D eigenvalue weighted by atomic mass is 9.60. The summed E-state index contributed by atoms with van der Waals surface area (Å²) in [5.41, 5.74) is -1.64. The molecule has 0 aliphatic carbocycles. The first-order chi connectivity index (χ1) is 4.93. The first-order valence-corrected chi connectivity index (χ1v) is 4.56. The maximum atomic E-state index is 8.83. The van der Waals surface area contributed by atoms with Crippen molar-refractivity contribution in [3.8, 4) is 11.9 Å². The number of hydrogen-bond acceptors (Lipinski definition) is 3. The minimum Gasteiger partial charge on any atom is -0.489 e. The highest BCUT2D eigenvalue weighted by Gasteiger charge is 2.39. The van der Waals surface area contributed by atoms with Crippen LogP contribution < -0.4 is 0 Å². The monoisotopic (exact) mass is 169 g/mol. The van der Waals surface area contributed by atoms with Crippen LogP contribution in [0.25, 0.3) is 0 Å². The highest BCUT2D eigenvalue weighted by atomic mass is 32.2. The van der Waals surface area contributed by atoms with Crippen LogP contribution in [-0.2, 0) is 0 Å². The van der Waals surface area contributed by atoms with Crippen molar-refractivity contribution in [1.82, 2.24) is 0 Å². The quantitative estimate of drug-likeness (QED) is 0.569. The Balaban J connectivity index is 4.94. The number of nitrogens with zero attached hydrogens (tertiary/aromatic N) is 3. The maximum Gasteiger partial charge on any atom is 0.452 e. The van der Waals surface area contributed by atoms with Gasteiger partial charge in [0.25, 0.3) is 0 Å². The fraction of sp³-hybridized carbons (Fsp3) is 0.667. The molecule has 0 aromatic carbocycles. The van der Waals surface area contributed by atoms with Gasteiger partial charge in [0.05, 0.1) is 0 Å². The molecule has 0 atom stereocenters. The summed E-state index contributed by atoms with van der Waals surface area (Å²) < 4.78 is 0.397. The summed E-state index contributed by atoms with van der Waals surface area (Å²) in [7, 11) is 5.59. The second-order valence-corrected chi connectivity index (χ2v) is 4.51. The van der Waals surface area contributed by atoms with E-state index in [2.05, 4.69) is 11.9 Å². The summed E-state index contributed by atoms with van der Waals surface area (Å²) in [5.74, 6) is 4.18. The van der Waals surface area contributed by atoms with Crippen molar-refractivity contribution < 1.29 is 4.39 Å². The van der Waals surface area contributed by atoms with Crippen molar-refractivity contribution in [2.24, 2.45) is 0 Å². The lowest BCUT2D eigenvalue weighted by Gasteiger charge is -2.42. The summed E-state index contributed by atoms with van der Waals surface area (Å²) in [4.78, 5) is 0. The standard InChI is InChI=1S/C6H12BN3S/c1-10(2,3)7(5-8,6-9)11-4/h1-4H3. The van der Waals surface area contributed by atoms with Crippen molar-refractivity contribution in [3.05, 3.63) is 0 Å². The van der Waals surface area contributed by atoms with Gasteiger partial charge in [0.2, 0.25) is 0 Å². The van der Waals surface area contributed by atoms with E-state index in [9.17, 15) is 0 Å². The summed E-state index contributed by atoms with van der Waals surface area (Å²) >= 11 is 1.34. The molecule has 0 aliphatic rings. The average molecular weight is 169 g/mol. The normalized spacial score (nSPS) is 11.8. The van der Waals surface area contributed by atoms with Crippen LogP contribution in [0.3, 0.4) is 0 Å². The van der Waals surface area contributed by atoms with Gasteiger partial charge in [0.15, 0.2) is 0 Å². The predicted octanol–water partition coefficient (Wildman–Crippen LogP) is 0.623. The largest absolute Gasteiger partial charge is 0.489 e. The van der Waals surface area contributed by atoms with Gasteiger partial charge in [0.1, 0.15) is 0 Å². The van der Waals surface area contributed by atoms with Crippen LogP contribution >= 0.6 is 11.6 Å². The molecule has 0 saturated carbocycles. The van der Waals surface area contributed by atoms with Gasteiger partial charge >= 0.3 is 5.56 Å². The number of hydrogen-bond donors (Lipinski definition) is 0. The van der Waals surface area contributed by atoms with Gasteiger partial charge in [-0.05, 0) is 18.2 Å². The number of quaternary nitrogens is 1. The van der Waals surface area contributed by atoms with Crippen LogP contribution in [0.15, 0.2) is 0 Å². The highest BCUT2D eigenvalue weighted by molar-refractivity contribution is 8.29. The molecule has 0 unspecified atom stereocenters. The van der Waals surface area contributed by atoms with Crippen molar-refractivity contribution in [1.29, 1.82) is 10.5 Å². The van der Waals surface area contributed by atoms with E-state index in [1.54, 1.807) is 6.26 Å². The molecule has 11 heavy (non-hydrogen) atoms. The van der Waals surface area contributed by atoms with Gasteiger partial charge in [0, 0.05) is 21.1 Å². The molecule has 0 radical (unpaired) electrons. The first-order valence-electron chi connectivity index (χ1n) is 3.27. The Morgan fingerprint density at radius 3 is 1.55 bits per heavy atom. The number of rotatable bonds is 2. The Morgan fingerprint density at radius 1 is 1.18 bits per heavy atom. The van der Waals surface area contributed by atoms with Crippen LogP contribution in [0, 0.1) is 22.5 Å². The van der Waals surface area contributed by atoms with Gasteiger partial charge in [-0.15, -0.1) is 0 Å². The van der Waals surface area contributed by atoms with Crippen molar-refractivity contribution in [2.45, 2.75) is 0 Å². The van der Waals surface area contributed by atoms with E-state index in [0.717, 1.165) is 0 Å². The molecule has 0 spiro atoms. The molecular formula is C6H12BN3S. The zero-order valence-corrected chi connectivity index (χ0v) is 8.14. The third-order valence-electron chi connectivity index (χ3n) is 1.78. The van der Waals surface area contributed by atoms with E-state index in [4.69, 9.17) is 10.5 Å². The fourth-order valence-corrected chi connectivity index (χ4v) is 1.64. The van der Waals surface area contributed by atoms with Gasteiger partial charge < -0.3 is 4.39 Å². The topological polar surface area (TPSA) is 47.6 Å². The van der Waals surface area contributed by atoms with Gasteiger partial charge in [-0.25, -0.2) is 10.5 Å². The minimum atomic E-state index is -1.64. The third kappa shape index (κ3) is 1.68. The van der Waals surface area contributed by atoms with E-state index in [1.807, 2.05) is 21.1 Å². The smallest absolute Gasteiger partial charge is 0.452 e. The van der Waals surface area contributed by atoms with E-state index >= 15 is 0 Å². The molecule has 0 N–H and O–H groups in total. The van der Waals surface area contributed by atoms with Gasteiger partial charge in [-0.1, -0.05) is 0 Å². The van der Waals surface area contributed by atoms with Gasteiger partial charge in [-0.3, -0.25) is 11.6 Å². The van der Waals surface area contributed by atoms with Crippen molar-refractivity contribution in [3.63, 3.8) is 0 Å². The Labute approximate surface area is 72.0 Å². The van der Waals surface area contributed by atoms with Gasteiger partial charge in [-0.2, -0.15) is 0 Å². The third-order valence-corrected chi connectivity index (χ3v) is 3.31. The molecule has 0 amide bonds. The minimum absolute atomic E-state index is 0.397. The van der Waals surface area contributed by atoms with Crippen LogP contribution in [-0.4, -0.2) is 37.4 Å². The zero-order chi connectivity index (χ0) is 9.12. The SMILES string of the molecule is CS[B-](C#N)(C#N)[N+](C)(C)C. The molecule has 0 aromatic heterocycles. The highest BCUT2D eigenvalue weighted by Crippen LogP contribution is 2.22. The average Bonchev–Trinajstić information content (AvgIpc) is 1.90.